The van der Waals surface area contributed by atoms with E-state index in [0.717, 1.165) is 0 Å². The zero-order valence-electron chi connectivity index (χ0n) is 26.7. The van der Waals surface area contributed by atoms with Crippen LogP contribution < -0.4 is 10.4 Å². The molecule has 0 aliphatic carbocycles. The fourth-order valence-electron chi connectivity index (χ4n) is 6.77. The summed E-state index contributed by atoms with van der Waals surface area (Å²) < 4.78 is 0. The highest BCUT2D eigenvalue weighted by Gasteiger charge is 2.43. The maximum Gasteiger partial charge on any atom is 0.171 e. The van der Waals surface area contributed by atoms with Gasteiger partial charge < -0.3 is 0 Å². The van der Waals surface area contributed by atoms with Crippen molar-refractivity contribution in [1.82, 2.24) is 0 Å². The van der Waals surface area contributed by atoms with Gasteiger partial charge in [-0.25, -0.2) is 0 Å². The third kappa shape index (κ3) is 5.92. The van der Waals surface area contributed by atoms with Gasteiger partial charge >= 0.3 is 0 Å². The molecule has 0 fully saturated rings. The van der Waals surface area contributed by atoms with Crippen molar-refractivity contribution >= 4 is 29.6 Å². The maximum absolute atomic E-state index is 2.64. The van der Waals surface area contributed by atoms with Crippen molar-refractivity contribution in [3.05, 3.63) is 191 Å². The monoisotopic (exact) mass is 596 g/mol. The fourth-order valence-corrected chi connectivity index (χ4v) is 12.2. The van der Waals surface area contributed by atoms with Gasteiger partial charge in [0.2, 0.25) is 0 Å². The molecule has 0 nitrogen and oxygen atoms in total. The molecule has 0 bridgehead atoms. The smallest absolute Gasteiger partial charge is 0.0672 e. The zero-order valence-corrected chi connectivity index (χ0v) is 27.7. The lowest BCUT2D eigenvalue weighted by Crippen LogP contribution is -2.61. The summed E-state index contributed by atoms with van der Waals surface area (Å²) in [5.74, 6) is 0. The summed E-state index contributed by atoms with van der Waals surface area (Å²) in [6.07, 6.45) is 0. The van der Waals surface area contributed by atoms with Gasteiger partial charge in [0.25, 0.3) is 0 Å². The third-order valence-corrected chi connectivity index (χ3v) is 14.9. The maximum atomic E-state index is 2.39. The molecule has 0 aliphatic rings. The lowest BCUT2D eigenvalue weighted by Gasteiger charge is -2.38. The van der Waals surface area contributed by atoms with Crippen LogP contribution in [0.5, 0.6) is 0 Å². The summed E-state index contributed by atoms with van der Waals surface area (Å²) in [4.78, 5) is 0. The largest absolute Gasteiger partial charge is 0.171 e. The quantitative estimate of drug-likeness (QED) is 0.153. The lowest BCUT2D eigenvalue weighted by atomic mass is 10.0. The molecule has 0 N–H and O–H groups in total. The van der Waals surface area contributed by atoms with E-state index in [4.69, 9.17) is 0 Å². The highest BCUT2D eigenvalue weighted by atomic mass is 28.3. The predicted octanol–water partition coefficient (Wildman–Crippen LogP) is 10.6. The first-order chi connectivity index (χ1) is 22.0. The minimum absolute atomic E-state index is 1.24. The second-order valence-corrected chi connectivity index (χ2v) is 16.0. The molecule has 0 saturated heterocycles. The first-order valence-corrected chi connectivity index (χ1v) is 17.8. The van der Waals surface area contributed by atoms with E-state index in [1.807, 2.05) is 0 Å². The van der Waals surface area contributed by atoms with Crippen LogP contribution in [0.2, 0.25) is 0 Å². The fraction of sp³-hybridized carbons (Fsp3) is 0.0909. The SMILES string of the molecule is CC(=C(C)[Si](C(C)=C(C)c1ccc(-c2ccccc2)cc1)(c1ccccc1)c1ccccc1)c1ccc(-c2ccccc2)cc1. The van der Waals surface area contributed by atoms with Crippen molar-refractivity contribution in [3.8, 4) is 22.3 Å². The minimum atomic E-state index is -2.64. The molecule has 0 radical (unpaired) electrons. The summed E-state index contributed by atoms with van der Waals surface area (Å²) >= 11 is 0. The summed E-state index contributed by atoms with van der Waals surface area (Å²) in [6, 6.07) is 62.0. The van der Waals surface area contributed by atoms with Gasteiger partial charge in [-0.15, -0.1) is 0 Å². The van der Waals surface area contributed by atoms with Crippen LogP contribution in [0.4, 0.5) is 0 Å². The molecule has 6 aromatic carbocycles. The summed E-state index contributed by atoms with van der Waals surface area (Å²) in [5.41, 5.74) is 10.2. The normalized spacial score (nSPS) is 12.7. The number of benzene rings is 6. The molecule has 6 aromatic rings. The van der Waals surface area contributed by atoms with Crippen LogP contribution in [0.15, 0.2) is 180 Å². The van der Waals surface area contributed by atoms with Gasteiger partial charge in [-0.1, -0.05) is 180 Å². The van der Waals surface area contributed by atoms with Gasteiger partial charge in [-0.05, 0) is 82.6 Å². The Morgan fingerprint density at radius 2 is 0.578 bits per heavy atom. The number of allylic oxidation sites excluding steroid dienone is 4. The number of rotatable bonds is 8. The van der Waals surface area contributed by atoms with Gasteiger partial charge in [0.05, 0.1) is 0 Å². The van der Waals surface area contributed by atoms with Gasteiger partial charge in [0.1, 0.15) is 0 Å². The highest BCUT2D eigenvalue weighted by Crippen LogP contribution is 2.35. The van der Waals surface area contributed by atoms with Crippen LogP contribution in [0, 0.1) is 0 Å². The molecule has 0 atom stereocenters. The average Bonchev–Trinajstić information content (AvgIpc) is 3.13. The molecule has 45 heavy (non-hydrogen) atoms. The molecule has 0 spiro atoms. The molecule has 1 heteroatoms. The second-order valence-electron chi connectivity index (χ2n) is 11.9. The third-order valence-electron chi connectivity index (χ3n) is 9.51. The molecule has 0 aliphatic heterocycles. The molecule has 0 unspecified atom stereocenters. The minimum Gasteiger partial charge on any atom is -0.0672 e. The van der Waals surface area contributed by atoms with Crippen molar-refractivity contribution in [3.63, 3.8) is 0 Å². The number of hydrogen-bond donors (Lipinski definition) is 0. The predicted molar refractivity (Wildman–Crippen MR) is 198 cm³/mol. The number of hydrogen-bond acceptors (Lipinski definition) is 0. The van der Waals surface area contributed by atoms with Crippen molar-refractivity contribution in [2.75, 3.05) is 0 Å². The molecule has 6 rings (SSSR count). The van der Waals surface area contributed by atoms with Crippen LogP contribution >= 0.6 is 0 Å². The van der Waals surface area contributed by atoms with Gasteiger partial charge in [0, 0.05) is 0 Å². The van der Waals surface area contributed by atoms with Crippen molar-refractivity contribution in [2.24, 2.45) is 0 Å². The summed E-state index contributed by atoms with van der Waals surface area (Å²) in [5, 5.41) is 5.74. The Hall–Kier alpha value is -4.98. The average molecular weight is 597 g/mol. The van der Waals surface area contributed by atoms with Crippen molar-refractivity contribution in [1.29, 1.82) is 0 Å². The van der Waals surface area contributed by atoms with Crippen LogP contribution in [0.1, 0.15) is 38.8 Å². The van der Waals surface area contributed by atoms with E-state index in [1.54, 1.807) is 0 Å². The van der Waals surface area contributed by atoms with E-state index >= 15 is 0 Å². The highest BCUT2D eigenvalue weighted by molar-refractivity contribution is 7.13. The van der Waals surface area contributed by atoms with Gasteiger partial charge in [0.15, 0.2) is 8.07 Å². The Morgan fingerprint density at radius 3 is 0.889 bits per heavy atom. The Balaban J connectivity index is 1.54. The molecular weight excluding hydrogens is 557 g/mol. The summed E-state index contributed by atoms with van der Waals surface area (Å²) in [7, 11) is -2.64. The topological polar surface area (TPSA) is 0 Å². The molecule has 0 saturated carbocycles. The Morgan fingerprint density at radius 1 is 0.311 bits per heavy atom. The molecule has 220 valence electrons. The first kappa shape index (κ1) is 30.1. The van der Waals surface area contributed by atoms with E-state index in [9.17, 15) is 0 Å². The second kappa shape index (κ2) is 13.3. The van der Waals surface area contributed by atoms with E-state index < -0.39 is 8.07 Å². The van der Waals surface area contributed by atoms with E-state index in [0.29, 0.717) is 0 Å². The Kier molecular flexibility index (Phi) is 8.91. The van der Waals surface area contributed by atoms with Crippen LogP contribution in [0.3, 0.4) is 0 Å². The zero-order chi connectivity index (χ0) is 31.2. The first-order valence-electron chi connectivity index (χ1n) is 15.8. The molecular formula is C44H40Si. The molecule has 0 aromatic heterocycles. The van der Waals surface area contributed by atoms with E-state index in [1.165, 1.54) is 65.3 Å². The van der Waals surface area contributed by atoms with Crippen LogP contribution in [-0.2, 0) is 0 Å². The lowest BCUT2D eigenvalue weighted by molar-refractivity contribution is 1.44. The Labute approximate surface area is 270 Å². The van der Waals surface area contributed by atoms with Crippen molar-refractivity contribution in [2.45, 2.75) is 27.7 Å². The molecule has 0 heterocycles. The molecule has 0 amide bonds. The van der Waals surface area contributed by atoms with Gasteiger partial charge in [-0.2, -0.15) is 0 Å². The summed E-state index contributed by atoms with van der Waals surface area (Å²) in [6.45, 7) is 9.42. The van der Waals surface area contributed by atoms with E-state index in [-0.39, 0.29) is 0 Å². The Bertz CT molecular complexity index is 1770. The van der Waals surface area contributed by atoms with E-state index in [2.05, 4.69) is 198 Å². The van der Waals surface area contributed by atoms with Gasteiger partial charge in [-0.3, -0.25) is 0 Å². The van der Waals surface area contributed by atoms with Crippen LogP contribution in [0.25, 0.3) is 33.4 Å². The van der Waals surface area contributed by atoms with Crippen LogP contribution in [-0.4, -0.2) is 8.07 Å². The standard InChI is InChI=1S/C44H40Si/c1-33(37-25-29-41(30-26-37)39-17-9-5-10-18-39)35(3)45(43-21-13-7-14-22-43,44-23-15-8-16-24-44)36(4)34(2)38-27-31-42(32-28-38)40-19-11-6-12-20-40/h5-32H,1-4H3. The van der Waals surface area contributed by atoms with Crippen molar-refractivity contribution < 1.29 is 0 Å².